The number of hydrogen-bond donors (Lipinski definition) is 0. The molecule has 0 aromatic heterocycles. The fraction of sp³-hybridized carbons (Fsp3) is 0.611. The number of carbonyl (C=O) groups excluding carboxylic acids is 1. The number of fused-ring (bicyclic) bond motifs is 1. The van der Waals surface area contributed by atoms with Gasteiger partial charge in [-0.1, -0.05) is 19.8 Å². The Kier molecular flexibility index (Phi) is 5.38. The van der Waals surface area contributed by atoms with Crippen molar-refractivity contribution in [3.63, 3.8) is 0 Å². The fourth-order valence-corrected chi connectivity index (χ4v) is 3.05. The molecule has 2 aliphatic heterocycles. The van der Waals surface area contributed by atoms with E-state index in [0.29, 0.717) is 11.3 Å². The Morgan fingerprint density at radius 3 is 2.50 bits per heavy atom. The highest BCUT2D eigenvalue weighted by Crippen LogP contribution is 2.40. The number of epoxide rings is 1. The Balaban J connectivity index is 1.67. The van der Waals surface area contributed by atoms with Gasteiger partial charge in [-0.2, -0.15) is 0 Å². The molecule has 2 heterocycles. The van der Waals surface area contributed by atoms with Crippen LogP contribution in [0.2, 0.25) is 0 Å². The highest BCUT2D eigenvalue weighted by Gasteiger charge is 2.59. The van der Waals surface area contributed by atoms with Crippen molar-refractivity contribution in [2.24, 2.45) is 0 Å². The Hall–Kier alpha value is -1.63. The minimum atomic E-state index is -0.400. The maximum Gasteiger partial charge on any atom is 0.338 e. The molecule has 1 aromatic rings. The lowest BCUT2D eigenvalue weighted by Gasteiger charge is -2.32. The van der Waals surface area contributed by atoms with Crippen molar-refractivity contribution >= 4 is 5.97 Å². The molecule has 0 aliphatic carbocycles. The fourth-order valence-electron chi connectivity index (χ4n) is 3.05. The summed E-state index contributed by atoms with van der Waals surface area (Å²) in [7, 11) is 3.19. The van der Waals surface area contributed by atoms with Gasteiger partial charge in [0.1, 0.15) is 24.1 Å². The van der Waals surface area contributed by atoms with Gasteiger partial charge in [-0.05, 0) is 30.7 Å². The molecule has 2 saturated heterocycles. The number of benzene rings is 1. The zero-order valence-corrected chi connectivity index (χ0v) is 14.3. The molecule has 0 N–H and O–H groups in total. The molecule has 132 valence electrons. The molecule has 6 nitrogen and oxygen atoms in total. The maximum atomic E-state index is 12.4. The third-order valence-electron chi connectivity index (χ3n) is 4.47. The molecule has 0 radical (unpaired) electrons. The van der Waals surface area contributed by atoms with Gasteiger partial charge in [0.05, 0.1) is 12.7 Å². The summed E-state index contributed by atoms with van der Waals surface area (Å²) in [5.41, 5.74) is 0.483. The molecule has 2 aliphatic rings. The van der Waals surface area contributed by atoms with Crippen LogP contribution in [0.4, 0.5) is 0 Å². The smallest absolute Gasteiger partial charge is 0.338 e. The van der Waals surface area contributed by atoms with E-state index in [4.69, 9.17) is 23.7 Å². The van der Waals surface area contributed by atoms with Gasteiger partial charge < -0.3 is 23.7 Å². The molecule has 1 aromatic carbocycles. The van der Waals surface area contributed by atoms with Gasteiger partial charge in [0.15, 0.2) is 12.4 Å². The quantitative estimate of drug-likeness (QED) is 0.563. The summed E-state index contributed by atoms with van der Waals surface area (Å²) in [5.74, 6) is 0.319. The molecular weight excluding hydrogens is 312 g/mol. The number of hydrogen-bond acceptors (Lipinski definition) is 6. The second kappa shape index (κ2) is 7.51. The predicted octanol–water partition coefficient (Wildman–Crippen LogP) is 2.55. The van der Waals surface area contributed by atoms with E-state index in [1.165, 1.54) is 0 Å². The lowest BCUT2D eigenvalue weighted by atomic mass is 9.99. The number of esters is 1. The Labute approximate surface area is 142 Å². The molecule has 0 amide bonds. The summed E-state index contributed by atoms with van der Waals surface area (Å²) >= 11 is 0. The van der Waals surface area contributed by atoms with Crippen LogP contribution >= 0.6 is 0 Å². The van der Waals surface area contributed by atoms with Crippen molar-refractivity contribution in [2.75, 3.05) is 14.2 Å². The van der Waals surface area contributed by atoms with Crippen molar-refractivity contribution in [2.45, 2.75) is 56.9 Å². The highest BCUT2D eigenvalue weighted by molar-refractivity contribution is 5.89. The van der Waals surface area contributed by atoms with Crippen LogP contribution in [-0.2, 0) is 18.9 Å². The topological polar surface area (TPSA) is 66.5 Å². The Bertz CT molecular complexity index is 557. The second-order valence-electron chi connectivity index (χ2n) is 6.08. The Morgan fingerprint density at radius 1 is 1.12 bits per heavy atom. The van der Waals surface area contributed by atoms with Crippen LogP contribution < -0.4 is 4.74 Å². The van der Waals surface area contributed by atoms with E-state index in [-0.39, 0.29) is 30.6 Å². The minimum Gasteiger partial charge on any atom is -0.497 e. The lowest BCUT2D eigenvalue weighted by molar-refractivity contribution is -0.201. The standard InChI is InChI=1S/C18H24O6/c1-4-5-6-13-14(15-16(23-15)18(21-3)22-13)24-17(19)11-7-9-12(20-2)10-8-11/h7-10,13-16,18H,4-6H2,1-3H3/t13-,14+,15+,16+,18+/m1/s1. The molecule has 6 heteroatoms. The normalized spacial score (nSPS) is 31.2. The number of unbranched alkanes of at least 4 members (excludes halogenated alkanes) is 1. The first-order chi connectivity index (χ1) is 11.7. The third kappa shape index (κ3) is 3.55. The summed E-state index contributed by atoms with van der Waals surface area (Å²) in [6.07, 6.45) is 1.56. The van der Waals surface area contributed by atoms with Gasteiger partial charge >= 0.3 is 5.97 Å². The minimum absolute atomic E-state index is 0.146. The van der Waals surface area contributed by atoms with Gasteiger partial charge in [0, 0.05) is 7.11 Å². The molecular formula is C18H24O6. The summed E-state index contributed by atoms with van der Waals surface area (Å²) in [5, 5.41) is 0. The second-order valence-corrected chi connectivity index (χ2v) is 6.08. The largest absolute Gasteiger partial charge is 0.497 e. The van der Waals surface area contributed by atoms with Crippen molar-refractivity contribution in [3.05, 3.63) is 29.8 Å². The van der Waals surface area contributed by atoms with Gasteiger partial charge in [0.2, 0.25) is 0 Å². The monoisotopic (exact) mass is 336 g/mol. The summed E-state index contributed by atoms with van der Waals surface area (Å²) < 4.78 is 27.7. The average Bonchev–Trinajstić information content (AvgIpc) is 3.41. The van der Waals surface area contributed by atoms with Gasteiger partial charge in [-0.3, -0.25) is 0 Å². The van der Waals surface area contributed by atoms with Gasteiger partial charge in [-0.15, -0.1) is 0 Å². The number of rotatable bonds is 7. The summed E-state index contributed by atoms with van der Waals surface area (Å²) in [6, 6.07) is 6.85. The lowest BCUT2D eigenvalue weighted by Crippen LogP contribution is -2.47. The van der Waals surface area contributed by atoms with Crippen LogP contribution in [0, 0.1) is 0 Å². The van der Waals surface area contributed by atoms with E-state index in [9.17, 15) is 4.79 Å². The third-order valence-corrected chi connectivity index (χ3v) is 4.47. The van der Waals surface area contributed by atoms with E-state index >= 15 is 0 Å². The van der Waals surface area contributed by atoms with Crippen molar-refractivity contribution in [1.29, 1.82) is 0 Å². The van der Waals surface area contributed by atoms with Gasteiger partial charge in [-0.25, -0.2) is 4.79 Å². The molecule has 0 bridgehead atoms. The first kappa shape index (κ1) is 17.2. The van der Waals surface area contributed by atoms with E-state index in [2.05, 4.69) is 6.92 Å². The zero-order valence-electron chi connectivity index (χ0n) is 14.3. The van der Waals surface area contributed by atoms with Gasteiger partial charge in [0.25, 0.3) is 0 Å². The molecule has 0 saturated carbocycles. The average molecular weight is 336 g/mol. The van der Waals surface area contributed by atoms with Crippen LogP contribution in [0.25, 0.3) is 0 Å². The summed E-state index contributed by atoms with van der Waals surface area (Å²) in [6.45, 7) is 2.12. The van der Waals surface area contributed by atoms with E-state index in [1.807, 2.05) is 0 Å². The number of ether oxygens (including phenoxy) is 5. The maximum absolute atomic E-state index is 12.4. The van der Waals surface area contributed by atoms with Crippen molar-refractivity contribution in [1.82, 2.24) is 0 Å². The van der Waals surface area contributed by atoms with E-state index < -0.39 is 6.10 Å². The summed E-state index contributed by atoms with van der Waals surface area (Å²) in [4.78, 5) is 12.4. The van der Waals surface area contributed by atoms with Crippen LogP contribution in [0.15, 0.2) is 24.3 Å². The number of carbonyl (C=O) groups is 1. The molecule has 3 rings (SSSR count). The van der Waals surface area contributed by atoms with Crippen molar-refractivity contribution in [3.8, 4) is 5.75 Å². The molecule has 0 spiro atoms. The van der Waals surface area contributed by atoms with E-state index in [1.54, 1.807) is 38.5 Å². The highest BCUT2D eigenvalue weighted by atomic mass is 16.7. The molecule has 24 heavy (non-hydrogen) atoms. The number of methoxy groups -OCH3 is 2. The molecule has 5 atom stereocenters. The Morgan fingerprint density at radius 2 is 1.88 bits per heavy atom. The van der Waals surface area contributed by atoms with Crippen LogP contribution in [0.3, 0.4) is 0 Å². The van der Waals surface area contributed by atoms with Crippen molar-refractivity contribution < 1.29 is 28.5 Å². The zero-order chi connectivity index (χ0) is 17.1. The van der Waals surface area contributed by atoms with Crippen LogP contribution in [-0.4, -0.2) is 50.9 Å². The molecule has 2 fully saturated rings. The van der Waals surface area contributed by atoms with Crippen LogP contribution in [0.5, 0.6) is 5.75 Å². The first-order valence-corrected chi connectivity index (χ1v) is 8.36. The predicted molar refractivity (Wildman–Crippen MR) is 86.1 cm³/mol. The molecule has 0 unspecified atom stereocenters. The van der Waals surface area contributed by atoms with Crippen LogP contribution in [0.1, 0.15) is 36.5 Å². The van der Waals surface area contributed by atoms with E-state index in [0.717, 1.165) is 19.3 Å². The first-order valence-electron chi connectivity index (χ1n) is 8.36. The SMILES string of the molecule is CCCC[C@H]1O[C@H](OC)[C@H]2O[C@H]2[C@H]1OC(=O)c1ccc(OC)cc1.